The highest BCUT2D eigenvalue weighted by Gasteiger charge is 2.53. The lowest BCUT2D eigenvalue weighted by molar-refractivity contribution is -0.379. The van der Waals surface area contributed by atoms with Crippen molar-refractivity contribution in [1.82, 2.24) is 5.32 Å². The summed E-state index contributed by atoms with van der Waals surface area (Å²) in [4.78, 5) is 13.3. The van der Waals surface area contributed by atoms with Crippen molar-refractivity contribution in [1.29, 1.82) is 0 Å². The highest BCUT2D eigenvalue weighted by molar-refractivity contribution is 5.76. The van der Waals surface area contributed by atoms with Gasteiger partial charge in [-0.2, -0.15) is 0 Å². The maximum atomic E-state index is 13.3. The first-order chi connectivity index (χ1) is 42.8. The Morgan fingerprint density at radius 3 is 1.23 bits per heavy atom. The fourth-order valence-electron chi connectivity index (χ4n) is 10.7. The summed E-state index contributed by atoms with van der Waals surface area (Å²) in [5.41, 5.74) is 0. The van der Waals surface area contributed by atoms with E-state index < -0.39 is 124 Å². The first-order valence-electron chi connectivity index (χ1n) is 33.5. The topological polar surface area (TPSA) is 307 Å². The van der Waals surface area contributed by atoms with Gasteiger partial charge < -0.3 is 89.9 Å². The fourth-order valence-corrected chi connectivity index (χ4v) is 10.7. The third-order valence-corrected chi connectivity index (χ3v) is 16.1. The third kappa shape index (κ3) is 32.3. The van der Waals surface area contributed by atoms with E-state index in [-0.39, 0.29) is 18.9 Å². The van der Waals surface area contributed by atoms with Crippen LogP contribution in [0.5, 0.6) is 0 Å². The number of rotatable bonds is 49. The van der Waals surface area contributed by atoms with Crippen LogP contribution in [0.15, 0.2) is 97.2 Å². The van der Waals surface area contributed by atoms with Crippen molar-refractivity contribution in [3.05, 3.63) is 97.2 Å². The van der Waals surface area contributed by atoms with Crippen LogP contribution in [0.4, 0.5) is 0 Å². The van der Waals surface area contributed by atoms with Crippen molar-refractivity contribution >= 4 is 5.91 Å². The minimum absolute atomic E-state index is 0.228. The monoisotopic (exact) mass is 1250 g/mol. The normalized spacial score (nSPS) is 29.0. The molecule has 12 N–H and O–H groups in total. The molecule has 19 heteroatoms. The van der Waals surface area contributed by atoms with Gasteiger partial charge in [0.1, 0.15) is 73.2 Å². The van der Waals surface area contributed by atoms with Gasteiger partial charge in [0.2, 0.25) is 5.91 Å². The summed E-state index contributed by atoms with van der Waals surface area (Å²) in [6.07, 6.45) is 38.6. The average molecular weight is 1250 g/mol. The van der Waals surface area contributed by atoms with Gasteiger partial charge in [0.05, 0.1) is 38.6 Å². The van der Waals surface area contributed by atoms with Gasteiger partial charge in [-0.15, -0.1) is 0 Å². The van der Waals surface area contributed by atoms with Crippen LogP contribution in [0.3, 0.4) is 0 Å². The zero-order valence-corrected chi connectivity index (χ0v) is 53.2. The number of nitrogens with one attached hydrogen (secondary N) is 1. The summed E-state index contributed by atoms with van der Waals surface area (Å²) >= 11 is 0. The van der Waals surface area contributed by atoms with Crippen LogP contribution < -0.4 is 5.32 Å². The number of carbonyl (C=O) groups excluding carboxylic acids is 1. The van der Waals surface area contributed by atoms with E-state index in [4.69, 9.17) is 28.4 Å². The van der Waals surface area contributed by atoms with Crippen LogP contribution in [-0.4, -0.2) is 193 Å². The van der Waals surface area contributed by atoms with Gasteiger partial charge in [-0.25, -0.2) is 0 Å². The number of amides is 1. The molecule has 3 aliphatic rings. The Balaban J connectivity index is 1.34. The van der Waals surface area contributed by atoms with E-state index in [1.165, 1.54) is 89.9 Å². The molecule has 3 rings (SSSR count). The second-order valence-electron chi connectivity index (χ2n) is 23.5. The van der Waals surface area contributed by atoms with Gasteiger partial charge in [-0.3, -0.25) is 4.79 Å². The van der Waals surface area contributed by atoms with Crippen molar-refractivity contribution in [2.75, 3.05) is 26.4 Å². The second kappa shape index (κ2) is 50.3. The van der Waals surface area contributed by atoms with E-state index in [2.05, 4.69) is 104 Å². The standard InChI is InChI=1S/C69H117NO18/c1-3-5-7-9-11-13-15-16-17-18-19-20-21-22-23-24-25-26-27-28-29-30-31-32-33-34-35-36-37-39-41-43-45-47-57(75)70-52(53(74)46-44-42-40-38-14-12-10-8-6-4-2)51-83-67-63(81)60(78)65(55(49-72)85-67)88-69-64(82)61(79)66(56(50-73)86-69)87-68-62(80)59(77)58(76)54(48-71)84-68/h5-8,11,13-14,16-17,19-20,22-23,38,44,46,52-56,58-69,71-74,76-82H,3-4,9-10,12,15,18,21,24-37,39-43,45,47-51H2,1-2H3,(H,70,75)/b7-5-,8-6+,13-11-,17-16-,20-19-,23-22-,38-14+,46-44+. The largest absolute Gasteiger partial charge is 0.394 e. The van der Waals surface area contributed by atoms with Gasteiger partial charge in [-0.05, 0) is 83.5 Å². The summed E-state index contributed by atoms with van der Waals surface area (Å²) in [7, 11) is 0. The predicted molar refractivity (Wildman–Crippen MR) is 341 cm³/mol. The lowest BCUT2D eigenvalue weighted by Gasteiger charge is -2.48. The summed E-state index contributed by atoms with van der Waals surface area (Å²) in [6, 6.07) is -0.999. The molecular weight excluding hydrogens is 1130 g/mol. The summed E-state index contributed by atoms with van der Waals surface area (Å²) in [6.45, 7) is 1.44. The van der Waals surface area contributed by atoms with Crippen molar-refractivity contribution < 1.29 is 89.4 Å². The molecule has 19 nitrogen and oxygen atoms in total. The van der Waals surface area contributed by atoms with E-state index in [1.807, 2.05) is 6.08 Å². The van der Waals surface area contributed by atoms with Gasteiger partial charge >= 0.3 is 0 Å². The molecule has 0 saturated carbocycles. The van der Waals surface area contributed by atoms with Crippen LogP contribution in [0.25, 0.3) is 0 Å². The molecule has 0 aromatic carbocycles. The molecule has 17 atom stereocenters. The average Bonchev–Trinajstić information content (AvgIpc) is 1.83. The minimum atomic E-state index is -1.98. The summed E-state index contributed by atoms with van der Waals surface area (Å²) < 4.78 is 34.2. The lowest BCUT2D eigenvalue weighted by atomic mass is 9.96. The fraction of sp³-hybridized carbons (Fsp3) is 0.754. The highest BCUT2D eigenvalue weighted by atomic mass is 16.8. The van der Waals surface area contributed by atoms with Gasteiger partial charge in [0.15, 0.2) is 18.9 Å². The lowest BCUT2D eigenvalue weighted by Crippen LogP contribution is -2.66. The molecule has 506 valence electrons. The van der Waals surface area contributed by atoms with Crippen molar-refractivity contribution in [2.45, 2.75) is 304 Å². The van der Waals surface area contributed by atoms with Crippen LogP contribution in [0.2, 0.25) is 0 Å². The molecule has 3 saturated heterocycles. The van der Waals surface area contributed by atoms with Crippen molar-refractivity contribution in [2.24, 2.45) is 0 Å². The Morgan fingerprint density at radius 2 is 0.761 bits per heavy atom. The van der Waals surface area contributed by atoms with Crippen molar-refractivity contribution in [3.63, 3.8) is 0 Å². The summed E-state index contributed by atoms with van der Waals surface area (Å²) in [5.74, 6) is -0.295. The molecule has 17 unspecified atom stereocenters. The zero-order valence-electron chi connectivity index (χ0n) is 53.2. The SMILES string of the molecule is CC/C=C\C/C=C\C/C=C\C/C=C\C/C=C\CCCCCCCCCCCCCCCCCCCC(=O)NC(COC1OC(CO)C(OC2OC(CO)C(OC3OC(CO)C(O)C(O)C3O)C(O)C2O)C(O)C1O)C(O)/C=C/CC/C=C/CC/C=C/CC. The Bertz CT molecular complexity index is 1970. The number of aliphatic hydroxyl groups excluding tert-OH is 11. The zero-order chi connectivity index (χ0) is 64.0. The molecule has 0 radical (unpaired) electrons. The van der Waals surface area contributed by atoms with Gasteiger partial charge in [0.25, 0.3) is 0 Å². The molecule has 0 aromatic rings. The maximum Gasteiger partial charge on any atom is 0.220 e. The Kier molecular flexibility index (Phi) is 45.1. The minimum Gasteiger partial charge on any atom is -0.394 e. The summed E-state index contributed by atoms with van der Waals surface area (Å²) in [5, 5.41) is 120. The third-order valence-electron chi connectivity index (χ3n) is 16.1. The van der Waals surface area contributed by atoms with E-state index in [9.17, 15) is 61.0 Å². The number of aliphatic hydroxyl groups is 11. The van der Waals surface area contributed by atoms with E-state index in [1.54, 1.807) is 6.08 Å². The molecule has 88 heavy (non-hydrogen) atoms. The second-order valence-corrected chi connectivity index (χ2v) is 23.5. The number of carbonyl (C=O) groups is 1. The van der Waals surface area contributed by atoms with Crippen LogP contribution in [0, 0.1) is 0 Å². The number of hydrogen-bond acceptors (Lipinski definition) is 18. The molecule has 0 spiro atoms. The Morgan fingerprint density at radius 1 is 0.409 bits per heavy atom. The van der Waals surface area contributed by atoms with Crippen LogP contribution in [0.1, 0.15) is 200 Å². The smallest absolute Gasteiger partial charge is 0.220 e. The Hall–Kier alpha value is -3.29. The first-order valence-corrected chi connectivity index (χ1v) is 33.5. The van der Waals surface area contributed by atoms with Crippen LogP contribution >= 0.6 is 0 Å². The van der Waals surface area contributed by atoms with E-state index in [0.717, 1.165) is 77.0 Å². The molecule has 0 aromatic heterocycles. The highest BCUT2D eigenvalue weighted by Crippen LogP contribution is 2.33. The number of allylic oxidation sites excluding steroid dienone is 15. The molecule has 3 fully saturated rings. The Labute approximate surface area is 526 Å². The van der Waals surface area contributed by atoms with E-state index >= 15 is 0 Å². The van der Waals surface area contributed by atoms with Crippen LogP contribution in [-0.2, 0) is 33.2 Å². The molecule has 0 aliphatic carbocycles. The first kappa shape index (κ1) is 78.9. The molecule has 0 bridgehead atoms. The predicted octanol–water partition coefficient (Wildman–Crippen LogP) is 8.10. The number of ether oxygens (including phenoxy) is 6. The molecular formula is C69H117NO18. The van der Waals surface area contributed by atoms with Crippen molar-refractivity contribution in [3.8, 4) is 0 Å². The quantitative estimate of drug-likeness (QED) is 0.0202. The number of hydrogen-bond donors (Lipinski definition) is 12. The molecule has 3 aliphatic heterocycles. The molecule has 3 heterocycles. The van der Waals surface area contributed by atoms with Gasteiger partial charge in [-0.1, -0.05) is 207 Å². The van der Waals surface area contributed by atoms with Gasteiger partial charge in [0, 0.05) is 6.42 Å². The molecule has 1 amide bonds. The number of unbranched alkanes of at least 4 members (excludes halogenated alkanes) is 19. The maximum absolute atomic E-state index is 13.3. The van der Waals surface area contributed by atoms with E-state index in [0.29, 0.717) is 12.8 Å².